The number of carboxylic acids is 2. The van der Waals surface area contributed by atoms with Gasteiger partial charge in [0.05, 0.1) is 26.7 Å². The fraction of sp³-hybridized carbons (Fsp3) is 0.355. The molecule has 3 atom stereocenters. The summed E-state index contributed by atoms with van der Waals surface area (Å²) < 4.78 is 28.4. The Kier molecular flexibility index (Phi) is 7.73. The maximum atomic E-state index is 13.1. The van der Waals surface area contributed by atoms with Crippen LogP contribution in [0.25, 0.3) is 0 Å². The number of hydrogen-bond acceptors (Lipinski definition) is 7. The molecule has 9 nitrogen and oxygen atoms in total. The summed E-state index contributed by atoms with van der Waals surface area (Å²) in [6.07, 6.45) is 0.865. The molecule has 1 heterocycles. The lowest BCUT2D eigenvalue weighted by Gasteiger charge is -2.26. The van der Waals surface area contributed by atoms with Crippen molar-refractivity contribution in [3.8, 4) is 28.7 Å². The first-order valence-electron chi connectivity index (χ1n) is 13.2. The quantitative estimate of drug-likeness (QED) is 0.332. The number of aliphatic carboxylic acids is 2. The van der Waals surface area contributed by atoms with Crippen molar-refractivity contribution in [3.63, 3.8) is 0 Å². The minimum absolute atomic E-state index is 0.116. The SMILES string of the molecule is CCCOc1ccc2c(c1)C(c1ccc(OC)c(CCC(=O)O)c1OC)C(C(=O)O)C2c1ccc2c(c1)OCO2. The molecule has 1 aliphatic carbocycles. The summed E-state index contributed by atoms with van der Waals surface area (Å²) in [7, 11) is 3.01. The van der Waals surface area contributed by atoms with Gasteiger partial charge >= 0.3 is 11.9 Å². The highest BCUT2D eigenvalue weighted by atomic mass is 16.7. The lowest BCUT2D eigenvalue weighted by atomic mass is 9.78. The summed E-state index contributed by atoms with van der Waals surface area (Å²) in [5.74, 6) is -1.17. The van der Waals surface area contributed by atoms with Crippen molar-refractivity contribution in [1.82, 2.24) is 0 Å². The number of ether oxygens (including phenoxy) is 5. The Morgan fingerprint density at radius 1 is 0.900 bits per heavy atom. The summed E-state index contributed by atoms with van der Waals surface area (Å²) in [6.45, 7) is 2.67. The lowest BCUT2D eigenvalue weighted by Crippen LogP contribution is -2.24. The van der Waals surface area contributed by atoms with Gasteiger partial charge in [-0.3, -0.25) is 9.59 Å². The third-order valence-corrected chi connectivity index (χ3v) is 7.56. The molecule has 0 saturated heterocycles. The van der Waals surface area contributed by atoms with Crippen LogP contribution in [0, 0.1) is 5.92 Å². The molecule has 0 spiro atoms. The van der Waals surface area contributed by atoms with Crippen LogP contribution in [0.3, 0.4) is 0 Å². The Morgan fingerprint density at radius 3 is 2.38 bits per heavy atom. The van der Waals surface area contributed by atoms with Crippen LogP contribution in [0.15, 0.2) is 48.5 Å². The molecule has 0 fully saturated rings. The Morgan fingerprint density at radius 2 is 1.68 bits per heavy atom. The van der Waals surface area contributed by atoms with Gasteiger partial charge in [-0.05, 0) is 59.9 Å². The van der Waals surface area contributed by atoms with Gasteiger partial charge in [0.1, 0.15) is 17.2 Å². The van der Waals surface area contributed by atoms with Gasteiger partial charge in [0, 0.05) is 29.4 Å². The Labute approximate surface area is 232 Å². The predicted molar refractivity (Wildman–Crippen MR) is 145 cm³/mol. The Hall–Kier alpha value is -4.40. The standard InChI is InChI=1S/C31H32O9/c1-4-13-38-18-6-7-19-22(15-18)28(21-8-11-23(36-2)20(30(21)37-3)9-12-26(32)33)29(31(34)35)27(19)17-5-10-24-25(14-17)40-16-39-24/h5-8,10-11,14-15,27-29H,4,9,12-13,16H2,1-3H3,(H,32,33)(H,34,35). The molecule has 0 saturated carbocycles. The first-order chi connectivity index (χ1) is 19.4. The molecule has 5 rings (SSSR count). The van der Waals surface area contributed by atoms with E-state index in [2.05, 4.69) is 0 Å². The van der Waals surface area contributed by atoms with Crippen molar-refractivity contribution in [2.45, 2.75) is 38.0 Å². The van der Waals surface area contributed by atoms with Gasteiger partial charge < -0.3 is 33.9 Å². The average Bonchev–Trinajstić information content (AvgIpc) is 3.56. The Bertz CT molecular complexity index is 1430. The number of fused-ring (bicyclic) bond motifs is 2. The van der Waals surface area contributed by atoms with E-state index in [1.54, 1.807) is 12.1 Å². The van der Waals surface area contributed by atoms with Crippen LogP contribution >= 0.6 is 0 Å². The molecule has 3 aromatic rings. The van der Waals surface area contributed by atoms with E-state index >= 15 is 0 Å². The van der Waals surface area contributed by atoms with Gasteiger partial charge in [0.15, 0.2) is 11.5 Å². The molecular weight excluding hydrogens is 516 g/mol. The first kappa shape index (κ1) is 27.2. The Balaban J connectivity index is 1.71. The predicted octanol–water partition coefficient (Wildman–Crippen LogP) is 5.22. The summed E-state index contributed by atoms with van der Waals surface area (Å²) in [5.41, 5.74) is 3.70. The molecule has 2 N–H and O–H groups in total. The fourth-order valence-electron chi connectivity index (χ4n) is 5.91. The van der Waals surface area contributed by atoms with Crippen LogP contribution in [0.1, 0.15) is 59.4 Å². The van der Waals surface area contributed by atoms with Crippen molar-refractivity contribution < 1.29 is 43.5 Å². The van der Waals surface area contributed by atoms with Crippen LogP contribution in [-0.2, 0) is 16.0 Å². The van der Waals surface area contributed by atoms with E-state index in [1.165, 1.54) is 14.2 Å². The number of carboxylic acid groups (broad SMARTS) is 2. The van der Waals surface area contributed by atoms with Gasteiger partial charge in [-0.25, -0.2) is 0 Å². The molecule has 210 valence electrons. The molecular formula is C31H32O9. The molecule has 0 bridgehead atoms. The van der Waals surface area contributed by atoms with Crippen molar-refractivity contribution in [1.29, 1.82) is 0 Å². The van der Waals surface area contributed by atoms with E-state index in [0.717, 1.165) is 23.1 Å². The van der Waals surface area contributed by atoms with Crippen LogP contribution in [0.4, 0.5) is 0 Å². The molecule has 3 aromatic carbocycles. The normalized spacial score (nSPS) is 18.7. The minimum Gasteiger partial charge on any atom is -0.496 e. The molecule has 1 aliphatic heterocycles. The van der Waals surface area contributed by atoms with Crippen LogP contribution in [0.5, 0.6) is 28.7 Å². The molecule has 40 heavy (non-hydrogen) atoms. The summed E-state index contributed by atoms with van der Waals surface area (Å²) in [4.78, 5) is 24.6. The first-order valence-corrected chi connectivity index (χ1v) is 13.2. The lowest BCUT2D eigenvalue weighted by molar-refractivity contribution is -0.142. The van der Waals surface area contributed by atoms with Crippen molar-refractivity contribution in [3.05, 3.63) is 76.3 Å². The van der Waals surface area contributed by atoms with E-state index < -0.39 is 29.7 Å². The zero-order valence-corrected chi connectivity index (χ0v) is 22.6. The van der Waals surface area contributed by atoms with E-state index in [1.807, 2.05) is 43.3 Å². The summed E-state index contributed by atoms with van der Waals surface area (Å²) in [6, 6.07) is 14.8. The van der Waals surface area contributed by atoms with Crippen LogP contribution in [-0.4, -0.2) is 49.8 Å². The minimum atomic E-state index is -0.968. The third kappa shape index (κ3) is 4.87. The highest BCUT2D eigenvalue weighted by molar-refractivity contribution is 5.79. The van der Waals surface area contributed by atoms with Crippen molar-refractivity contribution >= 4 is 11.9 Å². The highest BCUT2D eigenvalue weighted by Crippen LogP contribution is 2.56. The summed E-state index contributed by atoms with van der Waals surface area (Å²) >= 11 is 0. The topological polar surface area (TPSA) is 121 Å². The smallest absolute Gasteiger partial charge is 0.308 e. The molecule has 2 aliphatic rings. The molecule has 3 unspecified atom stereocenters. The van der Waals surface area contributed by atoms with E-state index in [4.69, 9.17) is 23.7 Å². The number of rotatable bonds is 11. The molecule has 9 heteroatoms. The number of hydrogen-bond donors (Lipinski definition) is 2. The zero-order chi connectivity index (χ0) is 28.4. The third-order valence-electron chi connectivity index (χ3n) is 7.56. The second-order valence-corrected chi connectivity index (χ2v) is 9.83. The van der Waals surface area contributed by atoms with Gasteiger partial charge in [-0.1, -0.05) is 25.1 Å². The van der Waals surface area contributed by atoms with Gasteiger partial charge in [0.25, 0.3) is 0 Å². The van der Waals surface area contributed by atoms with E-state index in [-0.39, 0.29) is 19.6 Å². The highest BCUT2D eigenvalue weighted by Gasteiger charge is 2.48. The maximum Gasteiger partial charge on any atom is 0.308 e. The monoisotopic (exact) mass is 548 g/mol. The molecule has 0 amide bonds. The van der Waals surface area contributed by atoms with E-state index in [9.17, 15) is 19.8 Å². The second-order valence-electron chi connectivity index (χ2n) is 9.83. The van der Waals surface area contributed by atoms with E-state index in [0.29, 0.717) is 46.5 Å². The molecule has 0 radical (unpaired) electrons. The maximum absolute atomic E-state index is 13.1. The molecule has 0 aromatic heterocycles. The van der Waals surface area contributed by atoms with Gasteiger partial charge in [-0.2, -0.15) is 0 Å². The van der Waals surface area contributed by atoms with Crippen molar-refractivity contribution in [2.24, 2.45) is 5.92 Å². The number of carbonyl (C=O) groups is 2. The number of methoxy groups -OCH3 is 2. The second kappa shape index (κ2) is 11.4. The van der Waals surface area contributed by atoms with Crippen molar-refractivity contribution in [2.75, 3.05) is 27.6 Å². The largest absolute Gasteiger partial charge is 0.496 e. The summed E-state index contributed by atoms with van der Waals surface area (Å²) in [5, 5.41) is 20.1. The average molecular weight is 549 g/mol. The van der Waals surface area contributed by atoms with Gasteiger partial charge in [0.2, 0.25) is 6.79 Å². The zero-order valence-electron chi connectivity index (χ0n) is 22.6. The van der Waals surface area contributed by atoms with Crippen LogP contribution in [0.2, 0.25) is 0 Å². The van der Waals surface area contributed by atoms with Gasteiger partial charge in [-0.15, -0.1) is 0 Å². The fourth-order valence-corrected chi connectivity index (χ4v) is 5.91. The number of benzene rings is 3. The van der Waals surface area contributed by atoms with Crippen LogP contribution < -0.4 is 23.7 Å².